The van der Waals surface area contributed by atoms with Crippen LogP contribution in [0.2, 0.25) is 0 Å². The molecule has 2 aromatic rings. The summed E-state index contributed by atoms with van der Waals surface area (Å²) in [7, 11) is 0. The third kappa shape index (κ3) is 4.33. The monoisotopic (exact) mass is 287 g/mol. The van der Waals surface area contributed by atoms with E-state index in [9.17, 15) is 0 Å². The van der Waals surface area contributed by atoms with Crippen LogP contribution in [0, 0.1) is 5.92 Å². The second-order valence-corrected chi connectivity index (χ2v) is 5.79. The number of benzene rings is 1. The number of nitrogens with zero attached hydrogens (tertiary/aromatic N) is 1. The number of hydrogen-bond donors (Lipinski definition) is 2. The number of nitrogens with two attached hydrogens (primary N) is 1. The molecule has 0 radical (unpaired) electrons. The summed E-state index contributed by atoms with van der Waals surface area (Å²) in [6, 6.07) is 8.01. The van der Waals surface area contributed by atoms with Crippen LogP contribution in [-0.2, 0) is 0 Å². The van der Waals surface area contributed by atoms with Gasteiger partial charge in [-0.2, -0.15) is 0 Å². The maximum absolute atomic E-state index is 6.15. The topological polar surface area (TPSA) is 63.9 Å². The zero-order valence-electron chi connectivity index (χ0n) is 13.1. The fourth-order valence-corrected chi connectivity index (χ4v) is 2.24. The summed E-state index contributed by atoms with van der Waals surface area (Å²) >= 11 is 0. The van der Waals surface area contributed by atoms with E-state index < -0.39 is 0 Å². The van der Waals surface area contributed by atoms with Gasteiger partial charge in [-0.05, 0) is 48.6 Å². The molecule has 1 heterocycles. The number of rotatable bonds is 7. The molecule has 1 unspecified atom stereocenters. The minimum Gasteiger partial charge on any atom is -0.494 e. The molecule has 1 aromatic carbocycles. The average molecular weight is 287 g/mol. The number of aromatic amines is 1. The van der Waals surface area contributed by atoms with E-state index in [-0.39, 0.29) is 6.04 Å². The lowest BCUT2D eigenvalue weighted by molar-refractivity contribution is 0.317. The van der Waals surface area contributed by atoms with Gasteiger partial charge in [0.15, 0.2) is 0 Å². The molecule has 1 atom stereocenters. The molecule has 0 aliphatic rings. The van der Waals surface area contributed by atoms with Crippen LogP contribution >= 0.6 is 0 Å². The molecular weight excluding hydrogens is 262 g/mol. The smallest absolute Gasteiger partial charge is 0.123 e. The molecule has 0 bridgehead atoms. The van der Waals surface area contributed by atoms with Gasteiger partial charge in [0.1, 0.15) is 11.6 Å². The fraction of sp³-hybridized carbons (Fsp3) is 0.471. The SMILES string of the molecule is CCCOc1ccc(-c2cnc(C(N)CC(C)C)[nH]2)cc1. The molecular formula is C17H25N3O. The van der Waals surface area contributed by atoms with Crippen molar-refractivity contribution in [2.75, 3.05) is 6.61 Å². The number of hydrogen-bond acceptors (Lipinski definition) is 3. The van der Waals surface area contributed by atoms with Crippen LogP contribution in [0.3, 0.4) is 0 Å². The maximum Gasteiger partial charge on any atom is 0.123 e. The molecule has 0 aliphatic carbocycles. The van der Waals surface area contributed by atoms with Gasteiger partial charge in [-0.3, -0.25) is 0 Å². The Morgan fingerprint density at radius 1 is 1.24 bits per heavy atom. The number of aromatic nitrogens is 2. The Morgan fingerprint density at radius 2 is 1.95 bits per heavy atom. The lowest BCUT2D eigenvalue weighted by atomic mass is 10.0. The first-order valence-corrected chi connectivity index (χ1v) is 7.63. The fourth-order valence-electron chi connectivity index (χ4n) is 2.24. The zero-order valence-corrected chi connectivity index (χ0v) is 13.1. The molecule has 0 amide bonds. The largest absolute Gasteiger partial charge is 0.494 e. The van der Waals surface area contributed by atoms with Crippen molar-refractivity contribution in [3.05, 3.63) is 36.3 Å². The van der Waals surface area contributed by atoms with Crippen molar-refractivity contribution < 1.29 is 4.74 Å². The second-order valence-electron chi connectivity index (χ2n) is 5.79. The van der Waals surface area contributed by atoms with Gasteiger partial charge in [-0.25, -0.2) is 4.98 Å². The van der Waals surface area contributed by atoms with Gasteiger partial charge < -0.3 is 15.5 Å². The Morgan fingerprint density at radius 3 is 2.57 bits per heavy atom. The molecule has 21 heavy (non-hydrogen) atoms. The van der Waals surface area contributed by atoms with E-state index >= 15 is 0 Å². The highest BCUT2D eigenvalue weighted by Gasteiger charge is 2.12. The summed E-state index contributed by atoms with van der Waals surface area (Å²) in [6.45, 7) is 7.18. The summed E-state index contributed by atoms with van der Waals surface area (Å²) in [5, 5.41) is 0. The van der Waals surface area contributed by atoms with Gasteiger partial charge in [0.2, 0.25) is 0 Å². The van der Waals surface area contributed by atoms with Crippen molar-refractivity contribution in [2.45, 2.75) is 39.7 Å². The van der Waals surface area contributed by atoms with Gasteiger partial charge in [0.05, 0.1) is 24.5 Å². The predicted molar refractivity (Wildman–Crippen MR) is 86.2 cm³/mol. The molecule has 0 aliphatic heterocycles. The summed E-state index contributed by atoms with van der Waals surface area (Å²) < 4.78 is 5.59. The molecule has 0 fully saturated rings. The predicted octanol–water partition coefficient (Wildman–Crippen LogP) is 3.91. The summed E-state index contributed by atoms with van der Waals surface area (Å²) in [6.07, 6.45) is 3.79. The molecule has 0 saturated heterocycles. The highest BCUT2D eigenvalue weighted by atomic mass is 16.5. The molecule has 114 valence electrons. The van der Waals surface area contributed by atoms with Crippen LogP contribution in [0.15, 0.2) is 30.5 Å². The average Bonchev–Trinajstić information content (AvgIpc) is 2.95. The van der Waals surface area contributed by atoms with Crippen LogP contribution in [0.4, 0.5) is 0 Å². The normalized spacial score (nSPS) is 12.6. The minimum atomic E-state index is -0.0362. The van der Waals surface area contributed by atoms with Crippen LogP contribution < -0.4 is 10.5 Å². The molecule has 4 nitrogen and oxygen atoms in total. The standard InChI is InChI=1S/C17H25N3O/c1-4-9-21-14-7-5-13(6-8-14)16-11-19-17(20-16)15(18)10-12(2)3/h5-8,11-12,15H,4,9-10,18H2,1-3H3,(H,19,20). The van der Waals surface area contributed by atoms with Crippen molar-refractivity contribution in [2.24, 2.45) is 11.7 Å². The van der Waals surface area contributed by atoms with E-state index in [2.05, 4.69) is 30.7 Å². The molecule has 2 rings (SSSR count). The van der Waals surface area contributed by atoms with E-state index in [4.69, 9.17) is 10.5 Å². The van der Waals surface area contributed by atoms with E-state index in [1.165, 1.54) is 0 Å². The van der Waals surface area contributed by atoms with Crippen molar-refractivity contribution in [3.8, 4) is 17.0 Å². The third-order valence-corrected chi connectivity index (χ3v) is 3.31. The highest BCUT2D eigenvalue weighted by Crippen LogP contribution is 2.23. The van der Waals surface area contributed by atoms with Crippen LogP contribution in [0.5, 0.6) is 5.75 Å². The summed E-state index contributed by atoms with van der Waals surface area (Å²) in [5.41, 5.74) is 8.24. The lowest BCUT2D eigenvalue weighted by Gasteiger charge is -2.11. The van der Waals surface area contributed by atoms with Gasteiger partial charge in [-0.15, -0.1) is 0 Å². The van der Waals surface area contributed by atoms with Crippen LogP contribution in [0.25, 0.3) is 11.3 Å². The number of nitrogens with one attached hydrogen (secondary N) is 1. The first kappa shape index (κ1) is 15.6. The van der Waals surface area contributed by atoms with E-state index in [0.29, 0.717) is 5.92 Å². The van der Waals surface area contributed by atoms with Crippen molar-refractivity contribution in [1.82, 2.24) is 9.97 Å². The quantitative estimate of drug-likeness (QED) is 0.811. The van der Waals surface area contributed by atoms with Crippen molar-refractivity contribution in [3.63, 3.8) is 0 Å². The Balaban J connectivity index is 2.06. The first-order valence-electron chi connectivity index (χ1n) is 7.63. The number of ether oxygens (including phenoxy) is 1. The van der Waals surface area contributed by atoms with E-state index in [1.54, 1.807) is 0 Å². The number of imidazole rings is 1. The molecule has 0 spiro atoms. The lowest BCUT2D eigenvalue weighted by Crippen LogP contribution is -2.14. The highest BCUT2D eigenvalue weighted by molar-refractivity contribution is 5.59. The minimum absolute atomic E-state index is 0.0362. The van der Waals surface area contributed by atoms with Crippen LogP contribution in [-0.4, -0.2) is 16.6 Å². The van der Waals surface area contributed by atoms with Gasteiger partial charge in [0.25, 0.3) is 0 Å². The van der Waals surface area contributed by atoms with Gasteiger partial charge in [0, 0.05) is 0 Å². The number of H-pyrrole nitrogens is 1. The Labute approximate surface area is 126 Å². The Kier molecular flexibility index (Phi) is 5.39. The second kappa shape index (κ2) is 7.27. The van der Waals surface area contributed by atoms with Gasteiger partial charge in [-0.1, -0.05) is 20.8 Å². The zero-order chi connectivity index (χ0) is 15.2. The summed E-state index contributed by atoms with van der Waals surface area (Å²) in [4.78, 5) is 7.73. The Bertz CT molecular complexity index is 545. The molecule has 4 heteroatoms. The first-order chi connectivity index (χ1) is 10.1. The molecule has 3 N–H and O–H groups in total. The third-order valence-electron chi connectivity index (χ3n) is 3.31. The summed E-state index contributed by atoms with van der Waals surface area (Å²) in [5.74, 6) is 2.31. The van der Waals surface area contributed by atoms with Crippen molar-refractivity contribution >= 4 is 0 Å². The van der Waals surface area contributed by atoms with E-state index in [1.807, 2.05) is 30.5 Å². The maximum atomic E-state index is 6.15. The van der Waals surface area contributed by atoms with Gasteiger partial charge >= 0.3 is 0 Å². The van der Waals surface area contributed by atoms with Crippen molar-refractivity contribution in [1.29, 1.82) is 0 Å². The van der Waals surface area contributed by atoms with Crippen LogP contribution in [0.1, 0.15) is 45.5 Å². The molecule has 0 saturated carbocycles. The molecule has 1 aromatic heterocycles. The Hall–Kier alpha value is -1.81. The van der Waals surface area contributed by atoms with E-state index in [0.717, 1.165) is 42.3 Å².